The van der Waals surface area contributed by atoms with Crippen LogP contribution in [0.25, 0.3) is 3.58 Å². The Bertz CT molecular complexity index is 513. The van der Waals surface area contributed by atoms with Crippen molar-refractivity contribution in [2.75, 3.05) is 18.1 Å². The third-order valence-corrected chi connectivity index (χ3v) is 5.25. The summed E-state index contributed by atoms with van der Waals surface area (Å²) in [4.78, 5) is 7.18. The molecule has 0 aromatic carbocycles. The second kappa shape index (κ2) is 4.20. The van der Waals surface area contributed by atoms with Crippen molar-refractivity contribution in [3.05, 3.63) is 29.6 Å². The Labute approximate surface area is 120 Å². The van der Waals surface area contributed by atoms with Gasteiger partial charge in [0.05, 0.1) is 42.9 Å². The lowest BCUT2D eigenvalue weighted by atomic mass is 10.1. The molecule has 94 valence electrons. The minimum absolute atomic E-state index is 0.562. The SMILES string of the molecule is IC1=CCc2ncc(N3C4CCC3COC4)cc21. The van der Waals surface area contributed by atoms with E-state index in [-0.39, 0.29) is 0 Å². The van der Waals surface area contributed by atoms with Gasteiger partial charge in [0.1, 0.15) is 0 Å². The zero-order valence-electron chi connectivity index (χ0n) is 10.1. The number of anilines is 1. The molecule has 3 aliphatic rings. The highest BCUT2D eigenvalue weighted by atomic mass is 127. The number of aromatic nitrogens is 1. The summed E-state index contributed by atoms with van der Waals surface area (Å²) in [5.41, 5.74) is 3.84. The molecule has 2 atom stereocenters. The van der Waals surface area contributed by atoms with Crippen molar-refractivity contribution in [3.8, 4) is 0 Å². The van der Waals surface area contributed by atoms with Gasteiger partial charge in [0.25, 0.3) is 0 Å². The molecule has 2 fully saturated rings. The molecule has 4 rings (SSSR count). The highest BCUT2D eigenvalue weighted by Gasteiger charge is 2.37. The maximum absolute atomic E-state index is 5.65. The first-order valence-corrected chi connectivity index (χ1v) is 7.62. The zero-order chi connectivity index (χ0) is 12.1. The van der Waals surface area contributed by atoms with Crippen molar-refractivity contribution >= 4 is 31.9 Å². The largest absolute Gasteiger partial charge is 0.377 e. The van der Waals surface area contributed by atoms with Gasteiger partial charge in [-0.15, -0.1) is 0 Å². The normalized spacial score (nSPS) is 29.4. The fourth-order valence-electron chi connectivity index (χ4n) is 3.34. The standard InChI is InChI=1S/C14H15IN2O/c15-13-3-4-14-12(13)5-11(6-16-14)17-9-1-2-10(17)8-18-7-9/h3,5-6,9-10H,1-2,4,7-8H2. The van der Waals surface area contributed by atoms with Crippen LogP contribution in [0.5, 0.6) is 0 Å². The van der Waals surface area contributed by atoms with Crippen molar-refractivity contribution < 1.29 is 4.74 Å². The van der Waals surface area contributed by atoms with Gasteiger partial charge in [0, 0.05) is 15.6 Å². The molecule has 0 saturated carbocycles. The third kappa shape index (κ3) is 1.61. The second-order valence-electron chi connectivity index (χ2n) is 5.27. The van der Waals surface area contributed by atoms with Crippen LogP contribution in [0.1, 0.15) is 24.1 Å². The fraction of sp³-hybridized carbons (Fsp3) is 0.500. The average molecular weight is 354 g/mol. The Morgan fingerprint density at radius 1 is 1.28 bits per heavy atom. The summed E-state index contributed by atoms with van der Waals surface area (Å²) in [6.45, 7) is 1.75. The van der Waals surface area contributed by atoms with Crippen molar-refractivity contribution in [1.29, 1.82) is 0 Å². The molecule has 0 spiro atoms. The summed E-state index contributed by atoms with van der Waals surface area (Å²) in [6, 6.07) is 3.45. The van der Waals surface area contributed by atoms with E-state index in [2.05, 4.69) is 50.8 Å². The van der Waals surface area contributed by atoms with Gasteiger partial charge < -0.3 is 9.64 Å². The minimum atomic E-state index is 0.562. The lowest BCUT2D eigenvalue weighted by molar-refractivity contribution is 0.0906. The topological polar surface area (TPSA) is 25.4 Å². The van der Waals surface area contributed by atoms with E-state index < -0.39 is 0 Å². The number of morpholine rings is 1. The van der Waals surface area contributed by atoms with Gasteiger partial charge >= 0.3 is 0 Å². The molecule has 0 amide bonds. The maximum atomic E-state index is 5.65. The van der Waals surface area contributed by atoms with E-state index >= 15 is 0 Å². The predicted octanol–water partition coefficient (Wildman–Crippen LogP) is 2.78. The van der Waals surface area contributed by atoms with Crippen LogP contribution in [0.4, 0.5) is 5.69 Å². The van der Waals surface area contributed by atoms with Gasteiger partial charge in [-0.3, -0.25) is 4.98 Å². The molecule has 1 aromatic rings. The summed E-state index contributed by atoms with van der Waals surface area (Å²) in [5, 5.41) is 0. The summed E-state index contributed by atoms with van der Waals surface area (Å²) in [5.74, 6) is 0. The average Bonchev–Trinajstić information content (AvgIpc) is 2.88. The third-order valence-electron chi connectivity index (χ3n) is 4.23. The Morgan fingerprint density at radius 2 is 2.06 bits per heavy atom. The number of hydrogen-bond donors (Lipinski definition) is 0. The van der Waals surface area contributed by atoms with Crippen molar-refractivity contribution in [2.24, 2.45) is 0 Å². The van der Waals surface area contributed by atoms with Crippen LogP contribution in [0, 0.1) is 0 Å². The first-order valence-electron chi connectivity index (χ1n) is 6.54. The summed E-state index contributed by atoms with van der Waals surface area (Å²) in [6.07, 6.45) is 7.82. The van der Waals surface area contributed by atoms with Gasteiger partial charge in [-0.1, -0.05) is 6.08 Å². The van der Waals surface area contributed by atoms with E-state index in [1.54, 1.807) is 0 Å². The molecular formula is C14H15IN2O. The summed E-state index contributed by atoms with van der Waals surface area (Å²) < 4.78 is 6.99. The lowest BCUT2D eigenvalue weighted by Crippen LogP contribution is -2.46. The molecule has 0 N–H and O–H groups in total. The van der Waals surface area contributed by atoms with Gasteiger partial charge in [-0.05, 0) is 41.5 Å². The monoisotopic (exact) mass is 354 g/mol. The number of nitrogens with zero attached hydrogens (tertiary/aromatic N) is 2. The van der Waals surface area contributed by atoms with Gasteiger partial charge in [-0.2, -0.15) is 0 Å². The Hall–Kier alpha value is -0.620. The van der Waals surface area contributed by atoms with Crippen LogP contribution in [-0.2, 0) is 11.2 Å². The first kappa shape index (κ1) is 11.2. The van der Waals surface area contributed by atoms with Crippen LogP contribution < -0.4 is 4.90 Å². The molecule has 4 heteroatoms. The number of pyridine rings is 1. The molecule has 2 aliphatic heterocycles. The van der Waals surface area contributed by atoms with Gasteiger partial charge in [-0.25, -0.2) is 0 Å². The molecule has 1 aromatic heterocycles. The van der Waals surface area contributed by atoms with Gasteiger partial charge in [0.15, 0.2) is 0 Å². The Kier molecular flexibility index (Phi) is 2.62. The first-order chi connectivity index (χ1) is 8.83. The molecule has 1 aliphatic carbocycles. The summed E-state index contributed by atoms with van der Waals surface area (Å²) in [7, 11) is 0. The van der Waals surface area contributed by atoms with Crippen LogP contribution in [0.15, 0.2) is 18.3 Å². The van der Waals surface area contributed by atoms with Gasteiger partial charge in [0.2, 0.25) is 0 Å². The molecule has 18 heavy (non-hydrogen) atoms. The van der Waals surface area contributed by atoms with E-state index in [0.29, 0.717) is 12.1 Å². The van der Waals surface area contributed by atoms with Crippen molar-refractivity contribution in [2.45, 2.75) is 31.3 Å². The van der Waals surface area contributed by atoms with Crippen LogP contribution in [0.2, 0.25) is 0 Å². The number of allylic oxidation sites excluding steroid dienone is 1. The molecule has 2 bridgehead atoms. The highest BCUT2D eigenvalue weighted by Crippen LogP contribution is 2.38. The smallest absolute Gasteiger partial charge is 0.0671 e. The molecule has 3 nitrogen and oxygen atoms in total. The zero-order valence-corrected chi connectivity index (χ0v) is 12.3. The predicted molar refractivity (Wildman–Crippen MR) is 80.0 cm³/mol. The molecule has 2 saturated heterocycles. The minimum Gasteiger partial charge on any atom is -0.377 e. The number of rotatable bonds is 1. The number of hydrogen-bond acceptors (Lipinski definition) is 3. The van der Waals surface area contributed by atoms with Crippen LogP contribution in [0.3, 0.4) is 0 Å². The number of ether oxygens (including phenoxy) is 1. The molecule has 3 heterocycles. The quantitative estimate of drug-likeness (QED) is 0.726. The van der Waals surface area contributed by atoms with Crippen molar-refractivity contribution in [3.63, 3.8) is 0 Å². The molecular weight excluding hydrogens is 339 g/mol. The second-order valence-corrected chi connectivity index (χ2v) is 6.44. The molecule has 0 radical (unpaired) electrons. The van der Waals surface area contributed by atoms with E-state index in [9.17, 15) is 0 Å². The highest BCUT2D eigenvalue weighted by molar-refractivity contribution is 14.1. The van der Waals surface area contributed by atoms with E-state index in [1.807, 2.05) is 0 Å². The molecule has 2 unspecified atom stereocenters. The Morgan fingerprint density at radius 3 is 2.83 bits per heavy atom. The lowest BCUT2D eigenvalue weighted by Gasteiger charge is -2.36. The van der Waals surface area contributed by atoms with E-state index in [4.69, 9.17) is 4.74 Å². The van der Waals surface area contributed by atoms with Crippen LogP contribution >= 0.6 is 22.6 Å². The summed E-state index contributed by atoms with van der Waals surface area (Å²) >= 11 is 2.42. The van der Waals surface area contributed by atoms with E-state index in [0.717, 1.165) is 19.6 Å². The van der Waals surface area contributed by atoms with Crippen molar-refractivity contribution in [1.82, 2.24) is 4.98 Å². The number of halogens is 1. The number of fused-ring (bicyclic) bond motifs is 3. The fourth-order valence-corrected chi connectivity index (χ4v) is 4.03. The van der Waals surface area contributed by atoms with Crippen LogP contribution in [-0.4, -0.2) is 30.3 Å². The maximum Gasteiger partial charge on any atom is 0.0671 e. The van der Waals surface area contributed by atoms with E-state index in [1.165, 1.54) is 33.4 Å². The Balaban J connectivity index is 1.73.